The second-order valence-electron chi connectivity index (χ2n) is 3.58. The van der Waals surface area contributed by atoms with Crippen LogP contribution in [0.4, 0.5) is 17.8 Å². The number of nitrogens with zero attached hydrogens (tertiary/aromatic N) is 3. The van der Waals surface area contributed by atoms with Crippen LogP contribution in [-0.4, -0.2) is 27.9 Å². The molecule has 0 spiro atoms. The molecular weight excluding hydrogens is 298 g/mol. The molecule has 0 unspecified atom stereocenters. The van der Waals surface area contributed by atoms with Gasteiger partial charge in [0.05, 0.1) is 0 Å². The van der Waals surface area contributed by atoms with Crippen LogP contribution < -0.4 is 22.3 Å². The summed E-state index contributed by atoms with van der Waals surface area (Å²) in [4.78, 5) is 10.5. The van der Waals surface area contributed by atoms with Crippen LogP contribution in [0.15, 0.2) is 30.3 Å². The van der Waals surface area contributed by atoms with Crippen molar-refractivity contribution >= 4 is 28.1 Å². The van der Waals surface area contributed by atoms with Gasteiger partial charge < -0.3 is 17.2 Å². The minimum atomic E-state index is -4.17. The summed E-state index contributed by atoms with van der Waals surface area (Å²) in [5, 5.41) is 3.88. The summed E-state index contributed by atoms with van der Waals surface area (Å²) in [7, 11) is -4.17. The van der Waals surface area contributed by atoms with Crippen molar-refractivity contribution in [2.75, 3.05) is 17.2 Å². The van der Waals surface area contributed by atoms with E-state index >= 15 is 0 Å². The second kappa shape index (κ2) is 8.63. The molecule has 10 nitrogen and oxygen atoms in total. The van der Waals surface area contributed by atoms with Gasteiger partial charge in [-0.15, -0.1) is 0 Å². The number of nitrogens with two attached hydrogens (primary N) is 4. The number of nitrogen functional groups attached to an aromatic ring is 3. The predicted molar refractivity (Wildman–Crippen MR) is 80.0 cm³/mol. The molecule has 0 bridgehead atoms. The molecule has 0 saturated carbocycles. The molecule has 116 valence electrons. The van der Waals surface area contributed by atoms with Gasteiger partial charge >= 0.3 is 10.3 Å². The highest BCUT2D eigenvalue weighted by atomic mass is 32.2. The third-order valence-corrected chi connectivity index (χ3v) is 1.63. The van der Waals surface area contributed by atoms with Gasteiger partial charge in [0.1, 0.15) is 0 Å². The molecule has 0 amide bonds. The molecule has 0 aliphatic carbocycles. The SMILES string of the molecule is Cc1ccccc1.NS(=O)(=O)O.Nc1nc(N)nc(N)n1. The fraction of sp³-hybridized carbons (Fsp3) is 0.100. The van der Waals surface area contributed by atoms with Crippen molar-refractivity contribution in [3.63, 3.8) is 0 Å². The van der Waals surface area contributed by atoms with Crippen LogP contribution in [0.3, 0.4) is 0 Å². The molecular formula is C10H17N7O3S. The van der Waals surface area contributed by atoms with Gasteiger partial charge in [0.15, 0.2) is 0 Å². The van der Waals surface area contributed by atoms with Crippen LogP contribution in [0.1, 0.15) is 5.56 Å². The first kappa shape index (κ1) is 18.5. The van der Waals surface area contributed by atoms with E-state index in [-0.39, 0.29) is 17.8 Å². The van der Waals surface area contributed by atoms with Gasteiger partial charge in [0.2, 0.25) is 17.8 Å². The maximum atomic E-state index is 8.97. The largest absolute Gasteiger partial charge is 0.368 e. The molecule has 9 N–H and O–H groups in total. The van der Waals surface area contributed by atoms with E-state index in [2.05, 4.69) is 39.1 Å². The smallest absolute Gasteiger partial charge is 0.330 e. The zero-order chi connectivity index (χ0) is 16.5. The normalized spacial score (nSPS) is 9.67. The van der Waals surface area contributed by atoms with Crippen LogP contribution >= 0.6 is 0 Å². The Balaban J connectivity index is 0.000000300. The summed E-state index contributed by atoms with van der Waals surface area (Å²) in [6.45, 7) is 2.08. The zero-order valence-corrected chi connectivity index (χ0v) is 12.0. The Morgan fingerprint density at radius 2 is 1.19 bits per heavy atom. The summed E-state index contributed by atoms with van der Waals surface area (Å²) < 4.78 is 25.2. The maximum absolute atomic E-state index is 8.97. The number of hydrogen-bond donors (Lipinski definition) is 5. The van der Waals surface area contributed by atoms with Crippen molar-refractivity contribution < 1.29 is 13.0 Å². The van der Waals surface area contributed by atoms with Crippen LogP contribution in [0, 0.1) is 6.92 Å². The van der Waals surface area contributed by atoms with E-state index < -0.39 is 10.3 Å². The lowest BCUT2D eigenvalue weighted by Crippen LogP contribution is -2.08. The second-order valence-corrected chi connectivity index (χ2v) is 4.61. The highest BCUT2D eigenvalue weighted by Gasteiger charge is 1.93. The minimum Gasteiger partial charge on any atom is -0.368 e. The van der Waals surface area contributed by atoms with E-state index in [0.29, 0.717) is 0 Å². The zero-order valence-electron chi connectivity index (χ0n) is 11.2. The summed E-state index contributed by atoms with van der Waals surface area (Å²) in [5.74, 6) is 0.125. The fourth-order valence-electron chi connectivity index (χ4n) is 0.961. The van der Waals surface area contributed by atoms with E-state index in [0.717, 1.165) is 0 Å². The van der Waals surface area contributed by atoms with Crippen LogP contribution in [0.25, 0.3) is 0 Å². The third-order valence-electron chi connectivity index (χ3n) is 1.63. The molecule has 2 rings (SSSR count). The topological polar surface area (TPSA) is 197 Å². The Morgan fingerprint density at radius 3 is 1.38 bits per heavy atom. The fourth-order valence-corrected chi connectivity index (χ4v) is 0.961. The molecule has 21 heavy (non-hydrogen) atoms. The van der Waals surface area contributed by atoms with Crippen molar-refractivity contribution in [1.82, 2.24) is 15.0 Å². The molecule has 11 heteroatoms. The first-order chi connectivity index (χ1) is 9.58. The Labute approximate surface area is 122 Å². The van der Waals surface area contributed by atoms with Gasteiger partial charge in [0.25, 0.3) is 0 Å². The van der Waals surface area contributed by atoms with E-state index in [4.69, 9.17) is 30.2 Å². The van der Waals surface area contributed by atoms with Crippen LogP contribution in [0.2, 0.25) is 0 Å². The lowest BCUT2D eigenvalue weighted by molar-refractivity contribution is 0.485. The first-order valence-electron chi connectivity index (χ1n) is 5.37. The monoisotopic (exact) mass is 315 g/mol. The van der Waals surface area contributed by atoms with Crippen molar-refractivity contribution in [1.29, 1.82) is 0 Å². The Kier molecular flexibility index (Phi) is 7.60. The average Bonchev–Trinajstić information content (AvgIpc) is 2.26. The highest BCUT2D eigenvalue weighted by Crippen LogP contribution is 1.97. The van der Waals surface area contributed by atoms with Gasteiger partial charge in [-0.25, -0.2) is 5.14 Å². The van der Waals surface area contributed by atoms with Crippen molar-refractivity contribution in [3.8, 4) is 0 Å². The van der Waals surface area contributed by atoms with E-state index in [9.17, 15) is 0 Å². The first-order valence-corrected chi connectivity index (χ1v) is 6.87. The van der Waals surface area contributed by atoms with Gasteiger partial charge in [-0.1, -0.05) is 35.9 Å². The molecule has 2 aromatic rings. The quantitative estimate of drug-likeness (QED) is 0.392. The summed E-state index contributed by atoms with van der Waals surface area (Å²) >= 11 is 0. The molecule has 1 aromatic carbocycles. The Morgan fingerprint density at radius 1 is 0.905 bits per heavy atom. The van der Waals surface area contributed by atoms with E-state index in [1.165, 1.54) is 5.56 Å². The number of rotatable bonds is 0. The number of aromatic nitrogens is 3. The number of benzene rings is 1. The molecule has 1 aromatic heterocycles. The molecule has 0 aliphatic rings. The van der Waals surface area contributed by atoms with E-state index in [1.807, 2.05) is 18.2 Å². The Bertz CT molecular complexity index is 590. The number of aryl methyl sites for hydroxylation is 1. The van der Waals surface area contributed by atoms with Crippen LogP contribution in [-0.2, 0) is 10.3 Å². The summed E-state index contributed by atoms with van der Waals surface area (Å²) in [6.07, 6.45) is 0. The van der Waals surface area contributed by atoms with Crippen molar-refractivity contribution in [3.05, 3.63) is 35.9 Å². The van der Waals surface area contributed by atoms with Gasteiger partial charge in [0, 0.05) is 0 Å². The molecule has 0 atom stereocenters. The van der Waals surface area contributed by atoms with Gasteiger partial charge in [-0.05, 0) is 6.92 Å². The highest BCUT2D eigenvalue weighted by molar-refractivity contribution is 7.83. The molecule has 0 aliphatic heterocycles. The third kappa shape index (κ3) is 13.7. The standard InChI is InChI=1S/C7H8.C3H6N6.H3NO3S/c1-7-5-3-2-4-6-7;4-1-7-2(5)9-3(6)8-1;1-5(2,3)4/h2-6H,1H3;(H6,4,5,6,7,8,9);(H3,1,2,3,4). The van der Waals surface area contributed by atoms with E-state index in [1.54, 1.807) is 0 Å². The minimum absolute atomic E-state index is 0.0417. The van der Waals surface area contributed by atoms with Gasteiger partial charge in [-0.2, -0.15) is 23.4 Å². The Hall–Kier alpha value is -2.50. The number of hydrogen-bond acceptors (Lipinski definition) is 8. The number of anilines is 3. The lowest BCUT2D eigenvalue weighted by Gasteiger charge is -1.93. The maximum Gasteiger partial charge on any atom is 0.330 e. The summed E-state index contributed by atoms with van der Waals surface area (Å²) in [5.41, 5.74) is 16.7. The van der Waals surface area contributed by atoms with Crippen LogP contribution in [0.5, 0.6) is 0 Å². The predicted octanol–water partition coefficient (Wildman–Crippen LogP) is -0.639. The molecule has 0 fully saturated rings. The van der Waals surface area contributed by atoms with Crippen molar-refractivity contribution in [2.45, 2.75) is 6.92 Å². The molecule has 0 saturated heterocycles. The van der Waals surface area contributed by atoms with Gasteiger partial charge in [-0.3, -0.25) is 4.55 Å². The van der Waals surface area contributed by atoms with Crippen molar-refractivity contribution in [2.24, 2.45) is 5.14 Å². The molecule has 0 radical (unpaired) electrons. The summed E-state index contributed by atoms with van der Waals surface area (Å²) in [6, 6.07) is 10.3. The average molecular weight is 315 g/mol. The molecule has 1 heterocycles. The lowest BCUT2D eigenvalue weighted by atomic mass is 10.2.